The van der Waals surface area contributed by atoms with Gasteiger partial charge in [-0.3, -0.25) is 4.98 Å². The zero-order chi connectivity index (χ0) is 13.7. The van der Waals surface area contributed by atoms with E-state index in [2.05, 4.69) is 36.3 Å². The maximum absolute atomic E-state index is 6.08. The first kappa shape index (κ1) is 14.0. The van der Waals surface area contributed by atoms with Crippen molar-refractivity contribution in [1.82, 2.24) is 10.3 Å². The lowest BCUT2D eigenvalue weighted by atomic mass is 9.99. The molecule has 1 aromatic carbocycles. The van der Waals surface area contributed by atoms with Crippen molar-refractivity contribution in [3.63, 3.8) is 0 Å². The van der Waals surface area contributed by atoms with Crippen LogP contribution in [0.4, 0.5) is 0 Å². The zero-order valence-corrected chi connectivity index (χ0v) is 12.1. The SMILES string of the molecule is CCNC(Cc1ncccc1C)c1cccc(Cl)c1. The molecular formula is C16H19ClN2. The fourth-order valence-electron chi connectivity index (χ4n) is 2.20. The van der Waals surface area contributed by atoms with Crippen molar-refractivity contribution in [3.8, 4) is 0 Å². The summed E-state index contributed by atoms with van der Waals surface area (Å²) in [6.07, 6.45) is 2.73. The van der Waals surface area contributed by atoms with Crippen molar-refractivity contribution in [2.75, 3.05) is 6.54 Å². The number of aryl methyl sites for hydroxylation is 1. The van der Waals surface area contributed by atoms with Crippen molar-refractivity contribution in [1.29, 1.82) is 0 Å². The van der Waals surface area contributed by atoms with Gasteiger partial charge in [-0.2, -0.15) is 0 Å². The molecule has 0 saturated carbocycles. The van der Waals surface area contributed by atoms with Gasteiger partial charge in [0.1, 0.15) is 0 Å². The number of rotatable bonds is 5. The fraction of sp³-hybridized carbons (Fsp3) is 0.312. The van der Waals surface area contributed by atoms with E-state index < -0.39 is 0 Å². The second-order valence-electron chi connectivity index (χ2n) is 4.64. The van der Waals surface area contributed by atoms with Crippen LogP contribution in [0, 0.1) is 6.92 Å². The maximum atomic E-state index is 6.08. The molecule has 1 unspecified atom stereocenters. The summed E-state index contributed by atoms with van der Waals surface area (Å²) in [5, 5.41) is 4.28. The molecule has 3 heteroatoms. The van der Waals surface area contributed by atoms with Crippen LogP contribution in [0.2, 0.25) is 5.02 Å². The quantitative estimate of drug-likeness (QED) is 0.893. The van der Waals surface area contributed by atoms with Crippen molar-refractivity contribution < 1.29 is 0 Å². The smallest absolute Gasteiger partial charge is 0.0451 e. The lowest BCUT2D eigenvalue weighted by molar-refractivity contribution is 0.543. The summed E-state index contributed by atoms with van der Waals surface area (Å²) in [6.45, 7) is 5.13. The number of aromatic nitrogens is 1. The van der Waals surface area contributed by atoms with E-state index in [0.29, 0.717) is 0 Å². The van der Waals surface area contributed by atoms with Crippen LogP contribution in [0.15, 0.2) is 42.6 Å². The minimum absolute atomic E-state index is 0.248. The predicted octanol–water partition coefficient (Wildman–Crippen LogP) is 3.94. The molecule has 100 valence electrons. The molecule has 2 nitrogen and oxygen atoms in total. The van der Waals surface area contributed by atoms with Gasteiger partial charge in [-0.15, -0.1) is 0 Å². The van der Waals surface area contributed by atoms with Gasteiger partial charge in [-0.25, -0.2) is 0 Å². The highest BCUT2D eigenvalue weighted by Crippen LogP contribution is 2.22. The van der Waals surface area contributed by atoms with E-state index >= 15 is 0 Å². The summed E-state index contributed by atoms with van der Waals surface area (Å²) >= 11 is 6.08. The van der Waals surface area contributed by atoms with Gasteiger partial charge in [0, 0.05) is 29.4 Å². The Kier molecular flexibility index (Phi) is 4.94. The van der Waals surface area contributed by atoms with E-state index in [9.17, 15) is 0 Å². The third-order valence-corrected chi connectivity index (χ3v) is 3.45. The Hall–Kier alpha value is -1.38. The van der Waals surface area contributed by atoms with Gasteiger partial charge in [0.05, 0.1) is 0 Å². The van der Waals surface area contributed by atoms with Gasteiger partial charge in [-0.1, -0.05) is 36.7 Å². The number of benzene rings is 1. The second-order valence-corrected chi connectivity index (χ2v) is 5.07. The molecule has 0 spiro atoms. The van der Waals surface area contributed by atoms with Crippen molar-refractivity contribution in [2.45, 2.75) is 26.3 Å². The third kappa shape index (κ3) is 3.79. The lowest BCUT2D eigenvalue weighted by Crippen LogP contribution is -2.23. The lowest BCUT2D eigenvalue weighted by Gasteiger charge is -2.19. The average molecular weight is 275 g/mol. The van der Waals surface area contributed by atoms with E-state index in [1.807, 2.05) is 30.5 Å². The van der Waals surface area contributed by atoms with Crippen molar-refractivity contribution in [3.05, 3.63) is 64.4 Å². The van der Waals surface area contributed by atoms with Gasteiger partial charge in [0.25, 0.3) is 0 Å². The molecule has 1 aromatic heterocycles. The van der Waals surface area contributed by atoms with Crippen LogP contribution in [0.5, 0.6) is 0 Å². The van der Waals surface area contributed by atoms with Gasteiger partial charge < -0.3 is 5.32 Å². The molecule has 2 rings (SSSR count). The Labute approximate surface area is 119 Å². The molecule has 2 aromatic rings. The topological polar surface area (TPSA) is 24.9 Å². The molecule has 1 N–H and O–H groups in total. The standard InChI is InChI=1S/C16H19ClN2/c1-3-18-16(13-7-4-8-14(17)10-13)11-15-12(2)6-5-9-19-15/h4-10,16,18H,3,11H2,1-2H3. The highest BCUT2D eigenvalue weighted by molar-refractivity contribution is 6.30. The molecule has 0 aliphatic carbocycles. The average Bonchev–Trinajstić information content (AvgIpc) is 2.40. The van der Waals surface area contributed by atoms with Crippen molar-refractivity contribution >= 4 is 11.6 Å². The first-order chi connectivity index (χ1) is 9.20. The first-order valence-corrected chi connectivity index (χ1v) is 6.98. The minimum atomic E-state index is 0.248. The largest absolute Gasteiger partial charge is 0.310 e. The molecule has 1 atom stereocenters. The molecule has 0 amide bonds. The Morgan fingerprint density at radius 3 is 2.79 bits per heavy atom. The van der Waals surface area contributed by atoms with Gasteiger partial charge in [0.15, 0.2) is 0 Å². The van der Waals surface area contributed by atoms with E-state index in [0.717, 1.165) is 23.7 Å². The van der Waals surface area contributed by atoms with Crippen LogP contribution >= 0.6 is 11.6 Å². The minimum Gasteiger partial charge on any atom is -0.310 e. The van der Waals surface area contributed by atoms with Crippen LogP contribution in [-0.4, -0.2) is 11.5 Å². The van der Waals surface area contributed by atoms with E-state index in [-0.39, 0.29) is 6.04 Å². The Morgan fingerprint density at radius 2 is 2.11 bits per heavy atom. The summed E-state index contributed by atoms with van der Waals surface area (Å²) in [7, 11) is 0. The van der Waals surface area contributed by atoms with Crippen LogP contribution in [0.1, 0.15) is 29.8 Å². The predicted molar refractivity (Wildman–Crippen MR) is 80.5 cm³/mol. The molecule has 0 bridgehead atoms. The number of pyridine rings is 1. The zero-order valence-electron chi connectivity index (χ0n) is 11.4. The number of nitrogens with zero attached hydrogens (tertiary/aromatic N) is 1. The van der Waals surface area contributed by atoms with Crippen LogP contribution in [0.25, 0.3) is 0 Å². The van der Waals surface area contributed by atoms with Crippen LogP contribution < -0.4 is 5.32 Å². The highest BCUT2D eigenvalue weighted by Gasteiger charge is 2.13. The molecule has 1 heterocycles. The third-order valence-electron chi connectivity index (χ3n) is 3.22. The van der Waals surface area contributed by atoms with E-state index in [4.69, 9.17) is 11.6 Å². The molecule has 19 heavy (non-hydrogen) atoms. The summed E-state index contributed by atoms with van der Waals surface area (Å²) < 4.78 is 0. The highest BCUT2D eigenvalue weighted by atomic mass is 35.5. The molecular weight excluding hydrogens is 256 g/mol. The Balaban J connectivity index is 2.24. The van der Waals surface area contributed by atoms with Crippen LogP contribution in [0.3, 0.4) is 0 Å². The normalized spacial score (nSPS) is 12.4. The monoisotopic (exact) mass is 274 g/mol. The van der Waals surface area contributed by atoms with Gasteiger partial charge in [-0.05, 0) is 42.8 Å². The maximum Gasteiger partial charge on any atom is 0.0451 e. The summed E-state index contributed by atoms with van der Waals surface area (Å²) in [6, 6.07) is 12.3. The van der Waals surface area contributed by atoms with Gasteiger partial charge >= 0.3 is 0 Å². The van der Waals surface area contributed by atoms with Crippen molar-refractivity contribution in [2.24, 2.45) is 0 Å². The summed E-state index contributed by atoms with van der Waals surface area (Å²) in [5.41, 5.74) is 3.57. The molecule has 0 saturated heterocycles. The number of nitrogens with one attached hydrogen (secondary N) is 1. The van der Waals surface area contributed by atoms with Crippen LogP contribution in [-0.2, 0) is 6.42 Å². The number of hydrogen-bond acceptors (Lipinski definition) is 2. The van der Waals surface area contributed by atoms with E-state index in [1.54, 1.807) is 0 Å². The van der Waals surface area contributed by atoms with E-state index in [1.165, 1.54) is 11.1 Å². The van der Waals surface area contributed by atoms with Gasteiger partial charge in [0.2, 0.25) is 0 Å². The summed E-state index contributed by atoms with van der Waals surface area (Å²) in [4.78, 5) is 4.48. The molecule has 0 aliphatic heterocycles. The molecule has 0 radical (unpaired) electrons. The Morgan fingerprint density at radius 1 is 1.26 bits per heavy atom. The Bertz CT molecular complexity index is 540. The number of hydrogen-bond donors (Lipinski definition) is 1. The summed E-state index contributed by atoms with van der Waals surface area (Å²) in [5.74, 6) is 0. The first-order valence-electron chi connectivity index (χ1n) is 6.60. The molecule has 0 fully saturated rings. The second kappa shape index (κ2) is 6.69. The number of likely N-dealkylation sites (N-methyl/N-ethyl adjacent to an activating group) is 1. The molecule has 0 aliphatic rings. The fourth-order valence-corrected chi connectivity index (χ4v) is 2.40. The number of halogens is 1.